The third-order valence-electron chi connectivity index (χ3n) is 5.75. The Hall–Kier alpha value is -2.38. The average Bonchev–Trinajstić information content (AvgIpc) is 2.74. The molecule has 0 saturated carbocycles. The molecule has 31 heavy (non-hydrogen) atoms. The Morgan fingerprint density at radius 2 is 1.71 bits per heavy atom. The molecule has 1 aliphatic rings. The molecule has 1 fully saturated rings. The Bertz CT molecular complexity index is 1030. The van der Waals surface area contributed by atoms with Crippen LogP contribution in [0, 0.1) is 20.8 Å². The summed E-state index contributed by atoms with van der Waals surface area (Å²) in [6.45, 7) is 9.40. The summed E-state index contributed by atoms with van der Waals surface area (Å²) in [5.74, 6) is -0.249. The number of benzene rings is 2. The van der Waals surface area contributed by atoms with Crippen LogP contribution in [0.2, 0.25) is 0 Å². The maximum Gasteiger partial charge on any atom is 0.262 e. The number of rotatable bonds is 8. The zero-order valence-corrected chi connectivity index (χ0v) is 19.5. The van der Waals surface area contributed by atoms with E-state index in [1.54, 1.807) is 25.1 Å². The van der Waals surface area contributed by atoms with Gasteiger partial charge in [-0.2, -0.15) is 0 Å². The Balaban J connectivity index is 1.65. The number of nitrogens with zero attached hydrogens (tertiary/aromatic N) is 1. The number of aryl methyl sites for hydroxylation is 3. The first-order valence-corrected chi connectivity index (χ1v) is 12.5. The maximum atomic E-state index is 13.0. The van der Waals surface area contributed by atoms with Crippen molar-refractivity contribution in [1.82, 2.24) is 10.2 Å². The number of anilines is 1. The van der Waals surface area contributed by atoms with E-state index in [0.29, 0.717) is 23.4 Å². The highest BCUT2D eigenvalue weighted by molar-refractivity contribution is 7.92. The van der Waals surface area contributed by atoms with Crippen molar-refractivity contribution in [3.05, 3.63) is 58.7 Å². The summed E-state index contributed by atoms with van der Waals surface area (Å²) in [5.41, 5.74) is 3.40. The summed E-state index contributed by atoms with van der Waals surface area (Å²) in [5, 5.41) is 2.92. The molecular formula is C24H33N3O3S. The molecule has 1 heterocycles. The van der Waals surface area contributed by atoms with Gasteiger partial charge in [-0.3, -0.25) is 9.52 Å². The number of nitrogens with one attached hydrogen (secondary N) is 2. The molecule has 1 aliphatic heterocycles. The molecule has 0 unspecified atom stereocenters. The lowest BCUT2D eigenvalue weighted by Crippen LogP contribution is -2.33. The Morgan fingerprint density at radius 3 is 2.42 bits per heavy atom. The maximum absolute atomic E-state index is 13.0. The van der Waals surface area contributed by atoms with Crippen molar-refractivity contribution < 1.29 is 13.2 Å². The lowest BCUT2D eigenvalue weighted by Gasteiger charge is -2.26. The molecule has 6 nitrogen and oxygen atoms in total. The van der Waals surface area contributed by atoms with Crippen molar-refractivity contribution in [2.75, 3.05) is 30.9 Å². The second-order valence-electron chi connectivity index (χ2n) is 8.42. The highest BCUT2D eigenvalue weighted by Gasteiger charge is 2.20. The molecule has 2 aromatic rings. The van der Waals surface area contributed by atoms with E-state index in [1.807, 2.05) is 26.0 Å². The van der Waals surface area contributed by atoms with Crippen LogP contribution in [-0.2, 0) is 10.0 Å². The standard InChI is InChI=1S/C24H33N3O3S/c1-18-8-11-22(20(3)16-18)26-31(29,30)23-17-21(10-9-19(23)2)24(28)25-12-7-15-27-13-5-4-6-14-27/h8-11,16-17,26H,4-7,12-15H2,1-3H3,(H,25,28). The van der Waals surface area contributed by atoms with Gasteiger partial charge in [0.2, 0.25) is 0 Å². The normalized spacial score (nSPS) is 14.9. The molecule has 1 amide bonds. The van der Waals surface area contributed by atoms with E-state index in [0.717, 1.165) is 37.2 Å². The van der Waals surface area contributed by atoms with Crippen molar-refractivity contribution in [3.8, 4) is 0 Å². The van der Waals surface area contributed by atoms with E-state index in [4.69, 9.17) is 0 Å². The number of carbonyl (C=O) groups excluding carboxylic acids is 1. The molecular weight excluding hydrogens is 410 g/mol. The second-order valence-corrected chi connectivity index (χ2v) is 10.1. The SMILES string of the molecule is Cc1ccc(NS(=O)(=O)c2cc(C(=O)NCCCN3CCCCC3)ccc2C)c(C)c1. The molecule has 0 radical (unpaired) electrons. The molecule has 0 aliphatic carbocycles. The van der Waals surface area contributed by atoms with Gasteiger partial charge in [0.05, 0.1) is 10.6 Å². The largest absolute Gasteiger partial charge is 0.352 e. The lowest BCUT2D eigenvalue weighted by atomic mass is 10.1. The van der Waals surface area contributed by atoms with Crippen molar-refractivity contribution in [2.24, 2.45) is 0 Å². The van der Waals surface area contributed by atoms with E-state index in [9.17, 15) is 13.2 Å². The number of piperidine rings is 1. The number of hydrogen-bond donors (Lipinski definition) is 2. The predicted molar refractivity (Wildman–Crippen MR) is 125 cm³/mol. The third-order valence-corrected chi connectivity index (χ3v) is 7.26. The van der Waals surface area contributed by atoms with Gasteiger partial charge in [0.1, 0.15) is 0 Å². The highest BCUT2D eigenvalue weighted by atomic mass is 32.2. The first-order valence-electron chi connectivity index (χ1n) is 11.0. The van der Waals surface area contributed by atoms with Gasteiger partial charge in [-0.05, 0) is 89.0 Å². The lowest BCUT2D eigenvalue weighted by molar-refractivity contribution is 0.0951. The molecule has 1 saturated heterocycles. The molecule has 168 valence electrons. The van der Waals surface area contributed by atoms with Crippen LogP contribution in [0.3, 0.4) is 0 Å². The van der Waals surface area contributed by atoms with Crippen LogP contribution in [0.5, 0.6) is 0 Å². The van der Waals surface area contributed by atoms with Gasteiger partial charge in [0, 0.05) is 12.1 Å². The van der Waals surface area contributed by atoms with Gasteiger partial charge in [0.25, 0.3) is 15.9 Å². The van der Waals surface area contributed by atoms with Crippen molar-refractivity contribution >= 4 is 21.6 Å². The van der Waals surface area contributed by atoms with Crippen molar-refractivity contribution in [1.29, 1.82) is 0 Å². The Labute approximate surface area is 186 Å². The molecule has 2 aromatic carbocycles. The molecule has 3 rings (SSSR count). The third kappa shape index (κ3) is 6.31. The first-order chi connectivity index (χ1) is 14.8. The monoisotopic (exact) mass is 443 g/mol. The van der Waals surface area contributed by atoms with Crippen LogP contribution in [-0.4, -0.2) is 45.4 Å². The van der Waals surface area contributed by atoms with E-state index in [1.165, 1.54) is 25.3 Å². The van der Waals surface area contributed by atoms with Crippen molar-refractivity contribution in [3.63, 3.8) is 0 Å². The molecule has 2 N–H and O–H groups in total. The fraction of sp³-hybridized carbons (Fsp3) is 0.458. The summed E-state index contributed by atoms with van der Waals surface area (Å²) in [6.07, 6.45) is 4.70. The first kappa shape index (κ1) is 23.3. The quantitative estimate of drug-likeness (QED) is 0.604. The van der Waals surface area contributed by atoms with Crippen LogP contribution in [0.25, 0.3) is 0 Å². The van der Waals surface area contributed by atoms with Gasteiger partial charge in [-0.25, -0.2) is 8.42 Å². The van der Waals surface area contributed by atoms with E-state index < -0.39 is 10.0 Å². The van der Waals surface area contributed by atoms with Gasteiger partial charge < -0.3 is 10.2 Å². The molecule has 0 atom stereocenters. The molecule has 7 heteroatoms. The minimum atomic E-state index is -3.81. The zero-order chi connectivity index (χ0) is 22.4. The van der Waals surface area contributed by atoms with E-state index in [2.05, 4.69) is 14.9 Å². The van der Waals surface area contributed by atoms with Gasteiger partial charge in [-0.1, -0.05) is 30.2 Å². The van der Waals surface area contributed by atoms with Gasteiger partial charge in [0.15, 0.2) is 0 Å². The van der Waals surface area contributed by atoms with Gasteiger partial charge >= 0.3 is 0 Å². The van der Waals surface area contributed by atoms with Crippen LogP contribution in [0.15, 0.2) is 41.3 Å². The number of carbonyl (C=O) groups is 1. The minimum Gasteiger partial charge on any atom is -0.352 e. The highest BCUT2D eigenvalue weighted by Crippen LogP contribution is 2.23. The molecule has 0 bridgehead atoms. The van der Waals surface area contributed by atoms with Gasteiger partial charge in [-0.15, -0.1) is 0 Å². The van der Waals surface area contributed by atoms with Crippen molar-refractivity contribution in [2.45, 2.75) is 51.3 Å². The fourth-order valence-corrected chi connectivity index (χ4v) is 5.35. The second kappa shape index (κ2) is 10.3. The van der Waals surface area contributed by atoms with Crippen LogP contribution in [0.1, 0.15) is 52.7 Å². The smallest absolute Gasteiger partial charge is 0.262 e. The summed E-state index contributed by atoms with van der Waals surface area (Å²) < 4.78 is 28.7. The van der Waals surface area contributed by atoms with E-state index in [-0.39, 0.29) is 10.8 Å². The molecule has 0 aromatic heterocycles. The summed E-state index contributed by atoms with van der Waals surface area (Å²) in [6, 6.07) is 10.4. The fourth-order valence-electron chi connectivity index (χ4n) is 3.95. The topological polar surface area (TPSA) is 78.5 Å². The number of sulfonamides is 1. The zero-order valence-electron chi connectivity index (χ0n) is 18.7. The summed E-state index contributed by atoms with van der Waals surface area (Å²) >= 11 is 0. The van der Waals surface area contributed by atoms with Crippen LogP contribution >= 0.6 is 0 Å². The van der Waals surface area contributed by atoms with Crippen LogP contribution in [0.4, 0.5) is 5.69 Å². The molecule has 0 spiro atoms. The number of amides is 1. The minimum absolute atomic E-state index is 0.119. The number of hydrogen-bond acceptors (Lipinski definition) is 4. The predicted octanol–water partition coefficient (Wildman–Crippen LogP) is 4.02. The summed E-state index contributed by atoms with van der Waals surface area (Å²) in [7, 11) is -3.81. The number of likely N-dealkylation sites (tertiary alicyclic amines) is 1. The Morgan fingerprint density at radius 1 is 0.968 bits per heavy atom. The van der Waals surface area contributed by atoms with E-state index >= 15 is 0 Å². The van der Waals surface area contributed by atoms with Crippen LogP contribution < -0.4 is 10.0 Å². The average molecular weight is 444 g/mol. The Kier molecular flexibility index (Phi) is 7.73. The summed E-state index contributed by atoms with van der Waals surface area (Å²) in [4.78, 5) is 15.2.